The first-order chi connectivity index (χ1) is 12.7. The van der Waals surface area contributed by atoms with Gasteiger partial charge in [0, 0.05) is 7.11 Å². The molecule has 2 aromatic rings. The van der Waals surface area contributed by atoms with Crippen LogP contribution in [0.2, 0.25) is 0 Å². The average molecular weight is 364 g/mol. The second-order valence-electron chi connectivity index (χ2n) is 5.17. The van der Waals surface area contributed by atoms with Crippen molar-refractivity contribution in [3.8, 4) is 28.4 Å². The lowest BCUT2D eigenvalue weighted by Gasteiger charge is -2.15. The molecule has 0 spiro atoms. The first-order valence-electron chi connectivity index (χ1n) is 7.97. The van der Waals surface area contributed by atoms with Crippen molar-refractivity contribution in [3.05, 3.63) is 42.2 Å². The third kappa shape index (κ3) is 5.35. The maximum absolute atomic E-state index is 14.6. The summed E-state index contributed by atoms with van der Waals surface area (Å²) in [5.41, 5.74) is 1.44. The Morgan fingerprint density at radius 2 is 1.65 bits per heavy atom. The van der Waals surface area contributed by atoms with Gasteiger partial charge in [0.15, 0.2) is 17.3 Å². The lowest BCUT2D eigenvalue weighted by atomic mass is 10.0. The van der Waals surface area contributed by atoms with E-state index < -0.39 is 5.82 Å². The van der Waals surface area contributed by atoms with E-state index >= 15 is 0 Å². The number of methoxy groups -OCH3 is 2. The maximum atomic E-state index is 14.6. The van der Waals surface area contributed by atoms with Crippen LogP contribution >= 0.6 is 0 Å². The fraction of sp³-hybridized carbons (Fsp3) is 0.316. The Kier molecular flexibility index (Phi) is 7.70. The summed E-state index contributed by atoms with van der Waals surface area (Å²) in [7, 11) is 3.13. The number of benzene rings is 2. The Morgan fingerprint density at radius 1 is 0.923 bits per heavy atom. The van der Waals surface area contributed by atoms with Crippen LogP contribution in [0.4, 0.5) is 4.39 Å². The smallest absolute Gasteiger partial charge is 0.293 e. The van der Waals surface area contributed by atoms with E-state index in [1.54, 1.807) is 32.4 Å². The van der Waals surface area contributed by atoms with Gasteiger partial charge in [-0.15, -0.1) is 0 Å². The monoisotopic (exact) mass is 364 g/mol. The van der Waals surface area contributed by atoms with Gasteiger partial charge in [-0.05, 0) is 35.4 Å². The van der Waals surface area contributed by atoms with Gasteiger partial charge in [0.2, 0.25) is 0 Å². The Bertz CT molecular complexity index is 702. The highest BCUT2D eigenvalue weighted by molar-refractivity contribution is 5.68. The van der Waals surface area contributed by atoms with E-state index in [1.165, 1.54) is 6.07 Å². The zero-order valence-electron chi connectivity index (χ0n) is 14.7. The van der Waals surface area contributed by atoms with Crippen LogP contribution in [-0.2, 0) is 14.3 Å². The molecule has 0 bridgehead atoms. The second kappa shape index (κ2) is 10.2. The van der Waals surface area contributed by atoms with Gasteiger partial charge in [0.05, 0.1) is 13.7 Å². The highest BCUT2D eigenvalue weighted by Gasteiger charge is 2.15. The molecule has 0 aliphatic rings. The lowest BCUT2D eigenvalue weighted by molar-refractivity contribution is -0.129. The Hall–Kier alpha value is -2.80. The van der Waals surface area contributed by atoms with Crippen molar-refractivity contribution in [1.29, 1.82) is 0 Å². The predicted octanol–water partition coefficient (Wildman–Crippen LogP) is 3.08. The summed E-state index contributed by atoms with van der Waals surface area (Å²) < 4.78 is 40.2. The van der Waals surface area contributed by atoms with E-state index in [9.17, 15) is 9.18 Å². The van der Waals surface area contributed by atoms with E-state index in [4.69, 9.17) is 18.9 Å². The summed E-state index contributed by atoms with van der Waals surface area (Å²) in [6.07, 6.45) is 0. The van der Waals surface area contributed by atoms with Crippen molar-refractivity contribution in [2.24, 2.45) is 0 Å². The van der Waals surface area contributed by atoms with Crippen LogP contribution in [0, 0.1) is 5.82 Å². The maximum Gasteiger partial charge on any atom is 0.293 e. The zero-order valence-corrected chi connectivity index (χ0v) is 14.7. The van der Waals surface area contributed by atoms with Gasteiger partial charge in [-0.25, -0.2) is 4.39 Å². The minimum atomic E-state index is -0.572. The topological polar surface area (TPSA) is 63.2 Å². The van der Waals surface area contributed by atoms with Gasteiger partial charge in [0.25, 0.3) is 6.47 Å². The van der Waals surface area contributed by atoms with Crippen LogP contribution in [-0.4, -0.2) is 47.1 Å². The van der Waals surface area contributed by atoms with Crippen LogP contribution in [0.15, 0.2) is 36.4 Å². The molecule has 140 valence electrons. The van der Waals surface area contributed by atoms with Crippen LogP contribution < -0.4 is 14.2 Å². The Morgan fingerprint density at radius 3 is 2.31 bits per heavy atom. The number of hydrogen-bond acceptors (Lipinski definition) is 6. The number of hydrogen-bond donors (Lipinski definition) is 0. The normalized spacial score (nSPS) is 10.3. The van der Waals surface area contributed by atoms with E-state index in [0.717, 1.165) is 5.56 Å². The van der Waals surface area contributed by atoms with Gasteiger partial charge in [0.1, 0.15) is 25.6 Å². The summed E-state index contributed by atoms with van der Waals surface area (Å²) in [6, 6.07) is 10.3. The third-order valence-corrected chi connectivity index (χ3v) is 3.49. The first kappa shape index (κ1) is 19.5. The molecule has 26 heavy (non-hydrogen) atoms. The van der Waals surface area contributed by atoms with E-state index in [-0.39, 0.29) is 31.3 Å². The molecule has 0 N–H and O–H groups in total. The quantitative estimate of drug-likeness (QED) is 0.451. The highest BCUT2D eigenvalue weighted by atomic mass is 19.1. The van der Waals surface area contributed by atoms with Gasteiger partial charge in [-0.3, -0.25) is 4.79 Å². The Labute approximate surface area is 151 Å². The number of halogens is 1. The van der Waals surface area contributed by atoms with E-state index in [2.05, 4.69) is 4.74 Å². The molecule has 0 aromatic heterocycles. The van der Waals surface area contributed by atoms with Gasteiger partial charge in [-0.1, -0.05) is 12.1 Å². The number of ether oxygens (including phenoxy) is 5. The molecule has 0 amide bonds. The standard InChI is InChI=1S/C19H21FO6/c1-22-7-9-25-18-12-15(14-3-5-16(23-2)6-4-14)11-17(20)19(18)26-10-8-24-13-21/h3-6,11-13H,7-10H2,1-2H3. The molecule has 0 fully saturated rings. The molecule has 0 atom stereocenters. The van der Waals surface area contributed by atoms with E-state index in [1.807, 2.05) is 12.1 Å². The number of carbonyl (C=O) groups excluding carboxylic acids is 1. The van der Waals surface area contributed by atoms with Crippen LogP contribution in [0.5, 0.6) is 17.2 Å². The molecule has 2 rings (SSSR count). The van der Waals surface area contributed by atoms with Crippen LogP contribution in [0.25, 0.3) is 11.1 Å². The summed E-state index contributed by atoms with van der Waals surface area (Å²) in [5.74, 6) is 0.351. The number of rotatable bonds is 11. The van der Waals surface area contributed by atoms with Crippen molar-refractivity contribution in [3.63, 3.8) is 0 Å². The molecule has 0 aliphatic carbocycles. The molecule has 0 saturated carbocycles. The first-order valence-corrected chi connectivity index (χ1v) is 7.97. The zero-order chi connectivity index (χ0) is 18.8. The van der Waals surface area contributed by atoms with Gasteiger partial charge in [-0.2, -0.15) is 0 Å². The van der Waals surface area contributed by atoms with Crippen molar-refractivity contribution < 1.29 is 32.9 Å². The third-order valence-electron chi connectivity index (χ3n) is 3.49. The summed E-state index contributed by atoms with van der Waals surface area (Å²) >= 11 is 0. The molecule has 0 heterocycles. The Balaban J connectivity index is 2.27. The van der Waals surface area contributed by atoms with Gasteiger partial charge >= 0.3 is 0 Å². The number of carbonyl (C=O) groups is 1. The predicted molar refractivity (Wildman–Crippen MR) is 93.3 cm³/mol. The molecular weight excluding hydrogens is 343 g/mol. The summed E-state index contributed by atoms with van der Waals surface area (Å²) in [6.45, 7) is 0.923. The molecular formula is C19H21FO6. The minimum Gasteiger partial charge on any atom is -0.497 e. The molecule has 0 saturated heterocycles. The van der Waals surface area contributed by atoms with Crippen molar-refractivity contribution in [1.82, 2.24) is 0 Å². The van der Waals surface area contributed by atoms with E-state index in [0.29, 0.717) is 24.4 Å². The lowest BCUT2D eigenvalue weighted by Crippen LogP contribution is -2.10. The van der Waals surface area contributed by atoms with Crippen LogP contribution in [0.1, 0.15) is 0 Å². The molecule has 0 unspecified atom stereocenters. The molecule has 0 aliphatic heterocycles. The molecule has 7 heteroatoms. The van der Waals surface area contributed by atoms with Crippen molar-refractivity contribution in [2.45, 2.75) is 0 Å². The fourth-order valence-corrected chi connectivity index (χ4v) is 2.24. The second-order valence-corrected chi connectivity index (χ2v) is 5.17. The van der Waals surface area contributed by atoms with Crippen LogP contribution in [0.3, 0.4) is 0 Å². The molecule has 6 nitrogen and oxygen atoms in total. The van der Waals surface area contributed by atoms with Gasteiger partial charge < -0.3 is 23.7 Å². The highest BCUT2D eigenvalue weighted by Crippen LogP contribution is 2.36. The van der Waals surface area contributed by atoms with Crippen molar-refractivity contribution >= 4 is 6.47 Å². The minimum absolute atomic E-state index is 0.0121. The summed E-state index contributed by atoms with van der Waals surface area (Å²) in [5, 5.41) is 0. The average Bonchev–Trinajstić information content (AvgIpc) is 2.66. The SMILES string of the molecule is COCCOc1cc(-c2ccc(OC)cc2)cc(F)c1OCCOC=O. The molecule has 0 radical (unpaired) electrons. The summed E-state index contributed by atoms with van der Waals surface area (Å²) in [4.78, 5) is 10.2. The molecule has 2 aromatic carbocycles. The fourth-order valence-electron chi connectivity index (χ4n) is 2.24. The van der Waals surface area contributed by atoms with Crippen molar-refractivity contribution in [2.75, 3.05) is 40.6 Å². The largest absolute Gasteiger partial charge is 0.497 e.